The predicted octanol–water partition coefficient (Wildman–Crippen LogP) is 4.49. The van der Waals surface area contributed by atoms with Gasteiger partial charge in [-0.3, -0.25) is 9.59 Å². The molecule has 0 aromatic heterocycles. The van der Waals surface area contributed by atoms with E-state index in [-0.39, 0.29) is 23.8 Å². The summed E-state index contributed by atoms with van der Waals surface area (Å²) in [5, 5.41) is 5.77. The van der Waals surface area contributed by atoms with Gasteiger partial charge in [0.1, 0.15) is 17.7 Å². The van der Waals surface area contributed by atoms with E-state index in [4.69, 9.17) is 4.74 Å². The minimum Gasteiger partial charge on any atom is -0.444 e. The highest BCUT2D eigenvalue weighted by Crippen LogP contribution is 2.36. The van der Waals surface area contributed by atoms with Gasteiger partial charge in [-0.05, 0) is 58.4 Å². The molecule has 1 fully saturated rings. The van der Waals surface area contributed by atoms with Gasteiger partial charge in [0.15, 0.2) is 0 Å². The normalized spacial score (nSPS) is 15.5. The molecule has 3 amide bonds. The molecule has 0 heterocycles. The zero-order valence-electron chi connectivity index (χ0n) is 21.2. The second kappa shape index (κ2) is 11.5. The van der Waals surface area contributed by atoms with E-state index in [1.54, 1.807) is 25.7 Å². The van der Waals surface area contributed by atoms with Crippen LogP contribution < -0.4 is 10.6 Å². The SMILES string of the molecule is CCCCNC(=O)C(c1ccc(C)cc1)N(C(=O)C(NC(=O)OC(C)(C)C)C(C)C)C1CC1. The average Bonchev–Trinajstić information content (AvgIpc) is 3.54. The Morgan fingerprint density at radius 1 is 1.12 bits per heavy atom. The molecule has 1 saturated carbocycles. The fourth-order valence-electron chi connectivity index (χ4n) is 3.65. The van der Waals surface area contributed by atoms with E-state index in [1.165, 1.54) is 0 Å². The number of nitrogens with one attached hydrogen (secondary N) is 2. The van der Waals surface area contributed by atoms with E-state index in [1.807, 2.05) is 45.0 Å². The van der Waals surface area contributed by atoms with Crippen LogP contribution in [0.2, 0.25) is 0 Å². The summed E-state index contributed by atoms with van der Waals surface area (Å²) >= 11 is 0. The Balaban J connectivity index is 2.37. The minimum atomic E-state index is -0.795. The van der Waals surface area contributed by atoms with Gasteiger partial charge in [0.2, 0.25) is 11.8 Å². The molecule has 1 aromatic carbocycles. The van der Waals surface area contributed by atoms with Gasteiger partial charge in [-0.2, -0.15) is 0 Å². The number of benzene rings is 1. The number of hydrogen-bond acceptors (Lipinski definition) is 4. The smallest absolute Gasteiger partial charge is 0.408 e. The molecule has 0 aliphatic heterocycles. The summed E-state index contributed by atoms with van der Waals surface area (Å²) in [4.78, 5) is 41.4. The number of hydrogen-bond donors (Lipinski definition) is 2. The van der Waals surface area contributed by atoms with Crippen LogP contribution in [0.25, 0.3) is 0 Å². The van der Waals surface area contributed by atoms with Gasteiger partial charge >= 0.3 is 6.09 Å². The highest BCUT2D eigenvalue weighted by molar-refractivity contribution is 5.92. The second-order valence-electron chi connectivity index (χ2n) is 10.3. The molecule has 1 aliphatic carbocycles. The first-order chi connectivity index (χ1) is 15.4. The highest BCUT2D eigenvalue weighted by atomic mass is 16.6. The van der Waals surface area contributed by atoms with Crippen molar-refractivity contribution in [3.8, 4) is 0 Å². The lowest BCUT2D eigenvalue weighted by Crippen LogP contribution is -2.55. The number of unbranched alkanes of at least 4 members (excludes halogenated alkanes) is 1. The van der Waals surface area contributed by atoms with E-state index in [0.29, 0.717) is 6.54 Å². The number of ether oxygens (including phenoxy) is 1. The van der Waals surface area contributed by atoms with Crippen molar-refractivity contribution >= 4 is 17.9 Å². The summed E-state index contributed by atoms with van der Waals surface area (Å²) in [5.74, 6) is -0.616. The van der Waals surface area contributed by atoms with Crippen molar-refractivity contribution in [3.05, 3.63) is 35.4 Å². The molecular weight excluding hydrogens is 418 g/mol. The Labute approximate surface area is 198 Å². The van der Waals surface area contributed by atoms with E-state index in [0.717, 1.165) is 36.8 Å². The summed E-state index contributed by atoms with van der Waals surface area (Å²) < 4.78 is 5.40. The first-order valence-electron chi connectivity index (χ1n) is 12.1. The number of alkyl carbamates (subject to hydrolysis) is 1. The molecule has 1 aromatic rings. The van der Waals surface area contributed by atoms with Crippen LogP contribution in [0, 0.1) is 12.8 Å². The Morgan fingerprint density at radius 2 is 1.73 bits per heavy atom. The quantitative estimate of drug-likeness (QED) is 0.505. The summed E-state index contributed by atoms with van der Waals surface area (Å²) in [6, 6.07) is 6.16. The Kier molecular flexibility index (Phi) is 9.32. The maximum absolute atomic E-state index is 13.9. The largest absolute Gasteiger partial charge is 0.444 e. The van der Waals surface area contributed by atoms with Crippen LogP contribution in [0.3, 0.4) is 0 Å². The Morgan fingerprint density at radius 3 is 2.21 bits per heavy atom. The minimum absolute atomic E-state index is 0.0255. The topological polar surface area (TPSA) is 87.7 Å². The van der Waals surface area contributed by atoms with Crippen molar-refractivity contribution < 1.29 is 19.1 Å². The fraction of sp³-hybridized carbons (Fsp3) is 0.654. The fourth-order valence-corrected chi connectivity index (χ4v) is 3.65. The van der Waals surface area contributed by atoms with Gasteiger partial charge in [0.05, 0.1) is 0 Å². The zero-order chi connectivity index (χ0) is 24.8. The second-order valence-corrected chi connectivity index (χ2v) is 10.3. The molecule has 7 heteroatoms. The van der Waals surface area contributed by atoms with Crippen molar-refractivity contribution in [1.82, 2.24) is 15.5 Å². The molecule has 1 aliphatic rings. The lowest BCUT2D eigenvalue weighted by atomic mass is 9.98. The molecule has 0 bridgehead atoms. The van der Waals surface area contributed by atoms with Crippen molar-refractivity contribution in [3.63, 3.8) is 0 Å². The van der Waals surface area contributed by atoms with Crippen LogP contribution in [0.4, 0.5) is 4.79 Å². The van der Waals surface area contributed by atoms with Crippen molar-refractivity contribution in [1.29, 1.82) is 0 Å². The molecule has 0 saturated heterocycles. The van der Waals surface area contributed by atoms with Crippen LogP contribution in [0.5, 0.6) is 0 Å². The lowest BCUT2D eigenvalue weighted by Gasteiger charge is -2.35. The van der Waals surface area contributed by atoms with E-state index < -0.39 is 23.8 Å². The number of carbonyl (C=O) groups is 3. The Hall–Kier alpha value is -2.57. The monoisotopic (exact) mass is 459 g/mol. The summed E-state index contributed by atoms with van der Waals surface area (Å²) in [6.07, 6.45) is 2.89. The maximum Gasteiger partial charge on any atom is 0.408 e. The number of amides is 3. The van der Waals surface area contributed by atoms with Crippen LogP contribution >= 0.6 is 0 Å². The molecular formula is C26H41N3O4. The number of aryl methyl sites for hydroxylation is 1. The summed E-state index contributed by atoms with van der Waals surface area (Å²) in [7, 11) is 0. The zero-order valence-corrected chi connectivity index (χ0v) is 21.2. The van der Waals surface area contributed by atoms with Crippen LogP contribution in [0.15, 0.2) is 24.3 Å². The molecule has 2 atom stereocenters. The van der Waals surface area contributed by atoms with Crippen LogP contribution in [-0.2, 0) is 14.3 Å². The molecule has 184 valence electrons. The third-order valence-electron chi connectivity index (χ3n) is 5.55. The maximum atomic E-state index is 13.9. The van der Waals surface area contributed by atoms with Crippen molar-refractivity contribution in [2.24, 2.45) is 5.92 Å². The number of carbonyl (C=O) groups excluding carboxylic acids is 3. The predicted molar refractivity (Wildman–Crippen MR) is 130 cm³/mol. The van der Waals surface area contributed by atoms with Crippen molar-refractivity contribution in [2.45, 2.75) is 97.9 Å². The molecule has 2 unspecified atom stereocenters. The highest BCUT2D eigenvalue weighted by Gasteiger charge is 2.44. The molecule has 0 radical (unpaired) electrons. The van der Waals surface area contributed by atoms with Gasteiger partial charge < -0.3 is 20.3 Å². The Bertz CT molecular complexity index is 810. The molecule has 2 N–H and O–H groups in total. The van der Waals surface area contributed by atoms with Gasteiger partial charge in [0.25, 0.3) is 0 Å². The van der Waals surface area contributed by atoms with Crippen LogP contribution in [0.1, 0.15) is 84.4 Å². The lowest BCUT2D eigenvalue weighted by molar-refractivity contribution is -0.144. The number of rotatable bonds is 10. The molecule has 7 nitrogen and oxygen atoms in total. The molecule has 2 rings (SSSR count). The third-order valence-corrected chi connectivity index (χ3v) is 5.55. The van der Waals surface area contributed by atoms with Gasteiger partial charge in [0, 0.05) is 12.6 Å². The van der Waals surface area contributed by atoms with Crippen molar-refractivity contribution in [2.75, 3.05) is 6.54 Å². The molecule has 33 heavy (non-hydrogen) atoms. The first-order valence-corrected chi connectivity index (χ1v) is 12.1. The third kappa shape index (κ3) is 8.06. The first kappa shape index (κ1) is 26.7. The van der Waals surface area contributed by atoms with Gasteiger partial charge in [-0.15, -0.1) is 0 Å². The molecule has 0 spiro atoms. The number of nitrogens with zero attached hydrogens (tertiary/aromatic N) is 1. The van der Waals surface area contributed by atoms with E-state index >= 15 is 0 Å². The van der Waals surface area contributed by atoms with E-state index in [9.17, 15) is 14.4 Å². The standard InChI is InChI=1S/C26H41N3O4/c1-8-9-16-27-23(30)22(19-12-10-18(4)11-13-19)29(20-14-15-20)24(31)21(17(2)3)28-25(32)33-26(5,6)7/h10-13,17,20-22H,8-9,14-16H2,1-7H3,(H,27,30)(H,28,32). The average molecular weight is 460 g/mol. The van der Waals surface area contributed by atoms with Gasteiger partial charge in [-0.1, -0.05) is 57.0 Å². The summed E-state index contributed by atoms with van der Waals surface area (Å²) in [5.41, 5.74) is 1.18. The van der Waals surface area contributed by atoms with Gasteiger partial charge in [-0.25, -0.2) is 4.79 Å². The van der Waals surface area contributed by atoms with E-state index in [2.05, 4.69) is 17.6 Å². The summed E-state index contributed by atoms with van der Waals surface area (Å²) in [6.45, 7) is 13.7. The van der Waals surface area contributed by atoms with Crippen LogP contribution in [-0.4, -0.2) is 47.0 Å².